The van der Waals surface area contributed by atoms with Crippen molar-refractivity contribution in [1.82, 2.24) is 29.4 Å². The first-order valence-corrected chi connectivity index (χ1v) is 20.0. The number of hydrogen-bond donors (Lipinski definition) is 1. The Morgan fingerprint density at radius 2 is 1.11 bits per heavy atom. The molecule has 2 N–H and O–H groups in total. The number of methoxy groups -OCH3 is 2. The fraction of sp³-hybridized carbons (Fsp3) is 0.343. The zero-order valence-electron chi connectivity index (χ0n) is 33.0. The first kappa shape index (κ1) is 56.9. The van der Waals surface area contributed by atoms with E-state index in [4.69, 9.17) is 74.8 Å². The van der Waals surface area contributed by atoms with Gasteiger partial charge in [-0.15, -0.1) is 9.36 Å². The number of nitrogen functional groups attached to an aromatic ring is 1. The van der Waals surface area contributed by atoms with E-state index in [1.807, 2.05) is 19.0 Å². The van der Waals surface area contributed by atoms with Gasteiger partial charge in [-0.25, -0.2) is 13.8 Å². The highest BCUT2D eigenvalue weighted by molar-refractivity contribution is 8.11. The number of nitrogens with two attached hydrogens (primary N) is 1. The number of anilines is 1. The van der Waals surface area contributed by atoms with Gasteiger partial charge in [0.05, 0.1) is 37.6 Å². The second-order valence-corrected chi connectivity index (χ2v) is 16.6. The molecule has 4 aromatic rings. The van der Waals surface area contributed by atoms with E-state index in [2.05, 4.69) is 24.9 Å². The van der Waals surface area contributed by atoms with Crippen LogP contribution in [0, 0.1) is 13.1 Å². The summed E-state index contributed by atoms with van der Waals surface area (Å²) in [7, 11) is 4.89. The van der Waals surface area contributed by atoms with Gasteiger partial charge in [0.2, 0.25) is 6.41 Å². The third-order valence-corrected chi connectivity index (χ3v) is 10.7. The summed E-state index contributed by atoms with van der Waals surface area (Å²) in [5.74, 6) is -1.88. The lowest BCUT2D eigenvalue weighted by molar-refractivity contribution is -0.179. The largest absolute Gasteiger partial charge is 0.416 e. The summed E-state index contributed by atoms with van der Waals surface area (Å²) in [6.45, 7) is 15.9. The smallest absolute Gasteiger partial charge is 0.382 e. The Morgan fingerprint density at radius 1 is 0.762 bits per heavy atom. The highest BCUT2D eigenvalue weighted by Gasteiger charge is 2.35. The van der Waals surface area contributed by atoms with E-state index in [9.17, 15) is 42.9 Å². The minimum absolute atomic E-state index is 0. The van der Waals surface area contributed by atoms with E-state index in [-0.39, 0.29) is 31.0 Å². The van der Waals surface area contributed by atoms with E-state index in [1.165, 1.54) is 11.2 Å². The number of ether oxygens (including phenoxy) is 2. The van der Waals surface area contributed by atoms with E-state index < -0.39 is 103 Å². The van der Waals surface area contributed by atoms with Gasteiger partial charge in [-0.05, 0) is 62.4 Å². The van der Waals surface area contributed by atoms with E-state index in [0.29, 0.717) is 24.3 Å². The highest BCUT2D eigenvalue weighted by atomic mass is 35.5. The van der Waals surface area contributed by atoms with Crippen LogP contribution in [0.5, 0.6) is 0 Å². The van der Waals surface area contributed by atoms with Gasteiger partial charge in [-0.3, -0.25) is 4.90 Å². The monoisotopic (exact) mass is 1020 g/mol. The molecule has 0 saturated heterocycles. The molecule has 0 aliphatic heterocycles. The predicted molar refractivity (Wildman–Crippen MR) is 232 cm³/mol. The first-order chi connectivity index (χ1) is 28.6. The molecule has 0 aliphatic rings. The summed E-state index contributed by atoms with van der Waals surface area (Å²) < 4.78 is 144. The Hall–Kier alpha value is -4.11. The number of benzene rings is 2. The first-order valence-electron chi connectivity index (χ1n) is 16.2. The molecule has 348 valence electrons. The molecule has 2 heterocycles. The summed E-state index contributed by atoms with van der Waals surface area (Å²) >= 11 is 23.7. The zero-order chi connectivity index (χ0) is 47.8. The quantitative estimate of drug-likeness (QED) is 0.0338. The summed E-state index contributed by atoms with van der Waals surface area (Å²) in [4.78, 5) is 12.4. The maximum Gasteiger partial charge on any atom is 0.416 e. The Kier molecular flexibility index (Phi) is 21.4. The van der Waals surface area contributed by atoms with Crippen LogP contribution in [0.2, 0.25) is 20.1 Å². The van der Waals surface area contributed by atoms with Crippen LogP contribution in [0.25, 0.3) is 21.1 Å². The van der Waals surface area contributed by atoms with Gasteiger partial charge in [0.25, 0.3) is 0 Å². The SMILES string of the molecule is C.COC(OC)N(C)C.[C-]#[N+]c1nn(-c2c(Cl)cc(C(F)(F)F)cc2Cl)c(N)c1/S(F)=C(\C)F.[C-]#[N+]c1nn(-c2c(Cl)cc(C(F)(F)F)cc2Cl)c(N=CN(C)C)c1/S(F)=C(\C)F. The van der Waals surface area contributed by atoms with Crippen LogP contribution >= 0.6 is 68.1 Å². The maximum atomic E-state index is 14.6. The minimum atomic E-state index is -4.71. The van der Waals surface area contributed by atoms with Gasteiger partial charge >= 0.3 is 24.0 Å². The summed E-state index contributed by atoms with van der Waals surface area (Å²) in [6.07, 6.45) is -8.39. The van der Waals surface area contributed by atoms with E-state index in [1.54, 1.807) is 28.3 Å². The molecule has 2 aromatic heterocycles. The lowest BCUT2D eigenvalue weighted by Gasteiger charge is -2.19. The lowest BCUT2D eigenvalue weighted by atomic mass is 10.2. The second-order valence-electron chi connectivity index (χ2n) is 12.0. The molecule has 28 heteroatoms. The molecular formula is C35H36Cl4F10N10O2S2. The van der Waals surface area contributed by atoms with Crippen LogP contribution in [0.3, 0.4) is 0 Å². The van der Waals surface area contributed by atoms with E-state index >= 15 is 0 Å². The number of nitrogens with zero attached hydrogens (tertiary/aromatic N) is 9. The summed E-state index contributed by atoms with van der Waals surface area (Å²) in [6, 6.07) is 2.40. The predicted octanol–water partition coefficient (Wildman–Crippen LogP) is 13.3. The van der Waals surface area contributed by atoms with Crippen LogP contribution in [0.15, 0.2) is 39.0 Å². The maximum absolute atomic E-state index is 14.6. The number of aliphatic imine (C=N–C) groups is 1. The van der Waals surface area contributed by atoms with Gasteiger partial charge < -0.3 is 29.8 Å². The second kappa shape index (κ2) is 23.7. The average molecular weight is 1020 g/mol. The van der Waals surface area contributed by atoms with Crippen LogP contribution in [-0.4, -0.2) is 94.8 Å². The minimum Gasteiger partial charge on any atom is -0.382 e. The zero-order valence-corrected chi connectivity index (χ0v) is 37.6. The number of hydrogen-bond acceptors (Lipinski definition) is 7. The average Bonchev–Trinajstić information content (AvgIpc) is 3.69. The van der Waals surface area contributed by atoms with Gasteiger partial charge in [0, 0.05) is 50.1 Å². The van der Waals surface area contributed by atoms with Crippen molar-refractivity contribution in [3.63, 3.8) is 0 Å². The molecule has 0 saturated carbocycles. The van der Waals surface area contributed by atoms with Crippen LogP contribution in [0.1, 0.15) is 32.4 Å². The van der Waals surface area contributed by atoms with Gasteiger partial charge in [-0.1, -0.05) is 67.0 Å². The fourth-order valence-electron chi connectivity index (χ4n) is 4.54. The molecule has 0 spiro atoms. The summed E-state index contributed by atoms with van der Waals surface area (Å²) in [5, 5.41) is 3.41. The van der Waals surface area contributed by atoms with Gasteiger partial charge in [0.1, 0.15) is 21.2 Å². The van der Waals surface area contributed by atoms with Gasteiger partial charge in [0.15, 0.2) is 21.9 Å². The van der Waals surface area contributed by atoms with Crippen molar-refractivity contribution >= 4 is 108 Å². The molecule has 0 amide bonds. The standard InChI is InChI=1S/C16H12Cl2F5N5S.C13H7Cl2F5N4S.C5H13NO2.CH4/c1-8(19)29(23)13-14(24-2)26-28(15(13)25-7-27(3)4)12-10(17)5-9(6-11(12)18)16(20,21)22;1-5(16)25(20)10-11(21)24(23-12(10)22-2)9-7(14)3-6(4-8(9)15)13(17,18)19;1-6(2)5(7-3)8-4;/h5-7H,1,3-4H3;3-4H,21H2,1H3;5H,1-4H3;1H4. The highest BCUT2D eigenvalue weighted by Crippen LogP contribution is 2.48. The molecule has 4 rings (SSSR count). The molecule has 0 aliphatic carbocycles. The molecule has 2 unspecified atom stereocenters. The number of aromatic nitrogens is 4. The Balaban J connectivity index is 0.000000534. The van der Waals surface area contributed by atoms with Crippen molar-refractivity contribution < 1.29 is 52.4 Å². The summed E-state index contributed by atoms with van der Waals surface area (Å²) in [5.41, 5.74) is 2.97. The van der Waals surface area contributed by atoms with Crippen LogP contribution in [-0.2, 0) is 21.8 Å². The van der Waals surface area contributed by atoms with Crippen molar-refractivity contribution in [2.24, 2.45) is 4.99 Å². The van der Waals surface area contributed by atoms with Crippen molar-refractivity contribution in [3.8, 4) is 11.4 Å². The van der Waals surface area contributed by atoms with Crippen LogP contribution in [0.4, 0.5) is 66.2 Å². The van der Waals surface area contributed by atoms with Gasteiger partial charge in [-0.2, -0.15) is 34.1 Å². The molecule has 63 heavy (non-hydrogen) atoms. The molecule has 0 fully saturated rings. The molecule has 0 bridgehead atoms. The number of halogens is 14. The fourth-order valence-corrected chi connectivity index (χ4v) is 7.46. The normalized spacial score (nSPS) is 13.0. The number of alkyl halides is 6. The third-order valence-electron chi connectivity index (χ3n) is 7.07. The Morgan fingerprint density at radius 3 is 1.41 bits per heavy atom. The van der Waals surface area contributed by atoms with Crippen molar-refractivity contribution in [2.75, 3.05) is 48.1 Å². The molecular weight excluding hydrogens is 988 g/mol. The third kappa shape index (κ3) is 14.2. The Labute approximate surface area is 380 Å². The molecule has 2 atom stereocenters. The van der Waals surface area contributed by atoms with Crippen molar-refractivity contribution in [1.29, 1.82) is 0 Å². The van der Waals surface area contributed by atoms with E-state index in [0.717, 1.165) is 23.2 Å². The van der Waals surface area contributed by atoms with Crippen molar-refractivity contribution in [3.05, 3.63) is 78.3 Å². The molecule has 2 aromatic carbocycles. The number of rotatable bonds is 9. The Bertz CT molecular complexity index is 2400. The van der Waals surface area contributed by atoms with Crippen LogP contribution < -0.4 is 5.73 Å². The molecule has 0 radical (unpaired) electrons. The lowest BCUT2D eigenvalue weighted by Crippen LogP contribution is -2.30. The molecule has 12 nitrogen and oxygen atoms in total. The van der Waals surface area contributed by atoms with Crippen molar-refractivity contribution in [2.45, 2.75) is 49.8 Å². The topological polar surface area (TPSA) is 108 Å².